The van der Waals surface area contributed by atoms with E-state index in [-0.39, 0.29) is 24.8 Å². The summed E-state index contributed by atoms with van der Waals surface area (Å²) < 4.78 is 11.1. The van der Waals surface area contributed by atoms with Crippen molar-refractivity contribution < 1.29 is 19.1 Å². The largest absolute Gasteiger partial charge is 0.445 e. The summed E-state index contributed by atoms with van der Waals surface area (Å²) in [6.07, 6.45) is 1.05. The van der Waals surface area contributed by atoms with E-state index < -0.39 is 5.60 Å². The first-order chi connectivity index (χ1) is 13.8. The minimum atomic E-state index is -0.555. The van der Waals surface area contributed by atoms with E-state index in [0.29, 0.717) is 37.4 Å². The van der Waals surface area contributed by atoms with Gasteiger partial charge in [0, 0.05) is 25.5 Å². The number of amides is 2. The number of carbonyl (C=O) groups is 2. The molecule has 2 aliphatic rings. The van der Waals surface area contributed by atoms with Crippen molar-refractivity contribution in [3.63, 3.8) is 0 Å². The number of hydrogen-bond acceptors (Lipinski definition) is 4. The summed E-state index contributed by atoms with van der Waals surface area (Å²) >= 11 is 6.01. The molecule has 0 aromatic heterocycles. The highest BCUT2D eigenvalue weighted by atomic mass is 35.5. The Morgan fingerprint density at radius 3 is 2.52 bits per heavy atom. The maximum Gasteiger partial charge on any atom is 0.410 e. The molecule has 0 aliphatic carbocycles. The smallest absolute Gasteiger partial charge is 0.410 e. The fourth-order valence-corrected chi connectivity index (χ4v) is 4.59. The van der Waals surface area contributed by atoms with Crippen LogP contribution in [0.1, 0.15) is 39.2 Å². The van der Waals surface area contributed by atoms with E-state index in [4.69, 9.17) is 21.1 Å². The average molecular weight is 423 g/mol. The summed E-state index contributed by atoms with van der Waals surface area (Å²) in [5, 5.41) is 0. The van der Waals surface area contributed by atoms with Crippen molar-refractivity contribution in [1.29, 1.82) is 0 Å². The third-order valence-electron chi connectivity index (χ3n) is 5.64. The SMILES string of the molecule is CC(C)(C)OC(=O)N1CC(CCCl)C2CCN(C(=O)OCc3ccccc3)CC21. The molecule has 2 aliphatic heterocycles. The molecule has 3 unspecified atom stereocenters. The standard InChI is InChI=1S/C22H31ClN2O4/c1-22(2,3)29-21(27)25-13-17(9-11-23)18-10-12-24(14-19(18)25)20(26)28-15-16-7-5-4-6-8-16/h4-8,17-19H,9-15H2,1-3H3. The van der Waals surface area contributed by atoms with Crippen LogP contribution in [0.25, 0.3) is 0 Å². The Balaban J connectivity index is 1.65. The van der Waals surface area contributed by atoms with Gasteiger partial charge in [0.25, 0.3) is 0 Å². The topological polar surface area (TPSA) is 59.1 Å². The van der Waals surface area contributed by atoms with Crippen LogP contribution in [-0.2, 0) is 16.1 Å². The molecular weight excluding hydrogens is 392 g/mol. The van der Waals surface area contributed by atoms with Crippen molar-refractivity contribution in [2.45, 2.75) is 51.9 Å². The molecule has 1 aromatic rings. The Labute approximate surface area is 178 Å². The number of nitrogens with zero attached hydrogens (tertiary/aromatic N) is 2. The Kier molecular flexibility index (Phi) is 6.93. The quantitative estimate of drug-likeness (QED) is 0.670. The van der Waals surface area contributed by atoms with Crippen LogP contribution < -0.4 is 0 Å². The number of hydrogen-bond donors (Lipinski definition) is 0. The van der Waals surface area contributed by atoms with E-state index in [1.54, 1.807) is 9.80 Å². The summed E-state index contributed by atoms with van der Waals surface area (Å²) in [6.45, 7) is 7.57. The molecule has 2 fully saturated rings. The van der Waals surface area contributed by atoms with Gasteiger partial charge in [-0.1, -0.05) is 30.3 Å². The van der Waals surface area contributed by atoms with Gasteiger partial charge in [-0.05, 0) is 51.0 Å². The summed E-state index contributed by atoms with van der Waals surface area (Å²) in [5.41, 5.74) is 0.397. The van der Waals surface area contributed by atoms with Crippen molar-refractivity contribution in [2.75, 3.05) is 25.5 Å². The maximum atomic E-state index is 12.8. The lowest BCUT2D eigenvalue weighted by Crippen LogP contribution is -2.52. The highest BCUT2D eigenvalue weighted by molar-refractivity contribution is 6.17. The van der Waals surface area contributed by atoms with Crippen molar-refractivity contribution in [3.05, 3.63) is 35.9 Å². The van der Waals surface area contributed by atoms with Gasteiger partial charge in [0.1, 0.15) is 12.2 Å². The molecule has 2 heterocycles. The van der Waals surface area contributed by atoms with Crippen LogP contribution in [0.2, 0.25) is 0 Å². The molecule has 0 spiro atoms. The maximum absolute atomic E-state index is 12.8. The molecule has 0 bridgehead atoms. The van der Waals surface area contributed by atoms with Crippen molar-refractivity contribution in [1.82, 2.24) is 9.80 Å². The molecule has 3 rings (SSSR count). The van der Waals surface area contributed by atoms with Crippen LogP contribution in [-0.4, -0.2) is 59.1 Å². The molecule has 0 N–H and O–H groups in total. The molecule has 2 saturated heterocycles. The van der Waals surface area contributed by atoms with Gasteiger partial charge in [-0.2, -0.15) is 0 Å². The number of alkyl halides is 1. The summed E-state index contributed by atoms with van der Waals surface area (Å²) in [5.74, 6) is 1.24. The summed E-state index contributed by atoms with van der Waals surface area (Å²) in [7, 11) is 0. The summed E-state index contributed by atoms with van der Waals surface area (Å²) in [6, 6.07) is 9.57. The zero-order valence-electron chi connectivity index (χ0n) is 17.5. The first kappa shape index (κ1) is 21.8. The van der Waals surface area contributed by atoms with E-state index >= 15 is 0 Å². The summed E-state index contributed by atoms with van der Waals surface area (Å²) in [4.78, 5) is 28.9. The third-order valence-corrected chi connectivity index (χ3v) is 5.86. The molecule has 29 heavy (non-hydrogen) atoms. The lowest BCUT2D eigenvalue weighted by atomic mass is 9.83. The number of carbonyl (C=O) groups excluding carboxylic acids is 2. The van der Waals surface area contributed by atoms with Gasteiger partial charge < -0.3 is 19.3 Å². The number of fused-ring (bicyclic) bond motifs is 1. The minimum Gasteiger partial charge on any atom is -0.445 e. The van der Waals surface area contributed by atoms with Gasteiger partial charge in [-0.15, -0.1) is 11.6 Å². The monoisotopic (exact) mass is 422 g/mol. The van der Waals surface area contributed by atoms with Gasteiger partial charge in [0.2, 0.25) is 0 Å². The number of ether oxygens (including phenoxy) is 2. The molecule has 160 valence electrons. The zero-order chi connectivity index (χ0) is 21.0. The molecule has 0 radical (unpaired) electrons. The Morgan fingerprint density at radius 2 is 1.86 bits per heavy atom. The first-order valence-electron chi connectivity index (χ1n) is 10.3. The van der Waals surface area contributed by atoms with Gasteiger partial charge >= 0.3 is 12.2 Å². The molecule has 6 nitrogen and oxygen atoms in total. The van der Waals surface area contributed by atoms with Gasteiger partial charge in [-0.3, -0.25) is 0 Å². The number of benzene rings is 1. The number of rotatable bonds is 4. The lowest BCUT2D eigenvalue weighted by Gasteiger charge is -2.38. The second-order valence-electron chi connectivity index (χ2n) is 8.88. The zero-order valence-corrected chi connectivity index (χ0v) is 18.2. The van der Waals surface area contributed by atoms with Gasteiger partial charge in [0.05, 0.1) is 6.04 Å². The molecule has 0 saturated carbocycles. The molecule has 3 atom stereocenters. The highest BCUT2D eigenvalue weighted by Crippen LogP contribution is 2.39. The second kappa shape index (κ2) is 9.24. The molecule has 2 amide bonds. The molecule has 7 heteroatoms. The number of piperidine rings is 1. The number of halogens is 1. The van der Waals surface area contributed by atoms with Crippen LogP contribution in [0.15, 0.2) is 30.3 Å². The van der Waals surface area contributed by atoms with Crippen LogP contribution in [0.4, 0.5) is 9.59 Å². The Bertz CT molecular complexity index is 707. The Hall–Kier alpha value is -1.95. The Morgan fingerprint density at radius 1 is 1.14 bits per heavy atom. The van der Waals surface area contributed by atoms with Crippen molar-refractivity contribution in [3.8, 4) is 0 Å². The van der Waals surface area contributed by atoms with Crippen molar-refractivity contribution in [2.24, 2.45) is 11.8 Å². The van der Waals surface area contributed by atoms with Crippen LogP contribution in [0.5, 0.6) is 0 Å². The molecular formula is C22H31ClN2O4. The highest BCUT2D eigenvalue weighted by Gasteiger charge is 2.48. The third kappa shape index (κ3) is 5.56. The van der Waals surface area contributed by atoms with Crippen LogP contribution in [0.3, 0.4) is 0 Å². The predicted octanol–water partition coefficient (Wildman–Crippen LogP) is 4.51. The van der Waals surface area contributed by atoms with E-state index in [1.165, 1.54) is 0 Å². The molecule has 1 aromatic carbocycles. The van der Waals surface area contributed by atoms with Crippen LogP contribution in [0, 0.1) is 11.8 Å². The van der Waals surface area contributed by atoms with Gasteiger partial charge in [0.15, 0.2) is 0 Å². The average Bonchev–Trinajstić information content (AvgIpc) is 3.04. The van der Waals surface area contributed by atoms with E-state index in [1.807, 2.05) is 51.1 Å². The van der Waals surface area contributed by atoms with E-state index in [2.05, 4.69) is 0 Å². The normalized spacial score (nSPS) is 24.2. The first-order valence-corrected chi connectivity index (χ1v) is 10.8. The van der Waals surface area contributed by atoms with Gasteiger partial charge in [-0.25, -0.2) is 9.59 Å². The van der Waals surface area contributed by atoms with E-state index in [0.717, 1.165) is 18.4 Å². The van der Waals surface area contributed by atoms with Crippen molar-refractivity contribution >= 4 is 23.8 Å². The lowest BCUT2D eigenvalue weighted by molar-refractivity contribution is 0.0107. The fourth-order valence-electron chi connectivity index (χ4n) is 4.31. The van der Waals surface area contributed by atoms with Crippen LogP contribution >= 0.6 is 11.6 Å². The number of likely N-dealkylation sites (tertiary alicyclic amines) is 2. The fraction of sp³-hybridized carbons (Fsp3) is 0.636. The predicted molar refractivity (Wildman–Crippen MR) is 112 cm³/mol. The second-order valence-corrected chi connectivity index (χ2v) is 9.25. The van der Waals surface area contributed by atoms with E-state index in [9.17, 15) is 9.59 Å². The minimum absolute atomic E-state index is 0.0592.